The summed E-state index contributed by atoms with van der Waals surface area (Å²) in [5.74, 6) is -0.268. The number of fused-ring (bicyclic) bond motifs is 1. The van der Waals surface area contributed by atoms with Crippen LogP contribution in [0.5, 0.6) is 0 Å². The van der Waals surface area contributed by atoms with Crippen molar-refractivity contribution in [2.45, 2.75) is 33.9 Å². The largest absolute Gasteiger partial charge is 0.333 e. The molecule has 0 spiro atoms. The molecule has 0 bridgehead atoms. The number of nitrogens with one attached hydrogen (secondary N) is 1. The van der Waals surface area contributed by atoms with Crippen molar-refractivity contribution < 1.29 is 14.8 Å². The third-order valence-corrected chi connectivity index (χ3v) is 2.90. The fraction of sp³-hybridized carbons (Fsp3) is 0.636. The summed E-state index contributed by atoms with van der Waals surface area (Å²) >= 11 is 0. The molecule has 0 atom stereocenters. The molecular formula is C11H17N5O3. The summed E-state index contributed by atoms with van der Waals surface area (Å²) in [7, 11) is 0. The predicted octanol–water partition coefficient (Wildman–Crippen LogP) is -0.215. The lowest BCUT2D eigenvalue weighted by atomic mass is 9.94. The van der Waals surface area contributed by atoms with E-state index in [1.54, 1.807) is 9.58 Å². The number of hydrogen-bond donors (Lipinski definition) is 2. The lowest BCUT2D eigenvalue weighted by molar-refractivity contribution is -0.141. The number of aromatic nitrogens is 3. The van der Waals surface area contributed by atoms with Gasteiger partial charge in [-0.2, -0.15) is 0 Å². The van der Waals surface area contributed by atoms with Crippen molar-refractivity contribution in [3.63, 3.8) is 0 Å². The average Bonchev–Trinajstić information content (AvgIpc) is 2.78. The molecule has 1 aromatic rings. The van der Waals surface area contributed by atoms with Crippen molar-refractivity contribution >= 4 is 11.8 Å². The van der Waals surface area contributed by atoms with Crippen LogP contribution in [-0.2, 0) is 17.9 Å². The highest BCUT2D eigenvalue weighted by Gasteiger charge is 2.31. The summed E-state index contributed by atoms with van der Waals surface area (Å²) in [6.07, 6.45) is 0. The SMILES string of the molecule is CC(C)(C)C(=O)N1CCn2nc(C(=O)NO)nc2C1. The fourth-order valence-corrected chi connectivity index (χ4v) is 1.93. The van der Waals surface area contributed by atoms with Crippen molar-refractivity contribution in [3.05, 3.63) is 11.6 Å². The average molecular weight is 267 g/mol. The number of rotatable bonds is 1. The molecule has 0 aliphatic carbocycles. The first-order valence-electron chi connectivity index (χ1n) is 6.00. The summed E-state index contributed by atoms with van der Waals surface area (Å²) in [6.45, 7) is 6.93. The normalized spacial score (nSPS) is 15.1. The molecule has 8 heteroatoms. The second-order valence-electron chi connectivity index (χ2n) is 5.49. The molecule has 0 saturated heterocycles. The van der Waals surface area contributed by atoms with Crippen molar-refractivity contribution in [1.82, 2.24) is 25.1 Å². The van der Waals surface area contributed by atoms with Gasteiger partial charge in [-0.3, -0.25) is 14.8 Å². The highest BCUT2D eigenvalue weighted by molar-refractivity contribution is 5.89. The first-order valence-corrected chi connectivity index (χ1v) is 6.00. The molecule has 0 aromatic carbocycles. The van der Waals surface area contributed by atoms with Gasteiger partial charge >= 0.3 is 5.91 Å². The Hall–Kier alpha value is -1.96. The zero-order chi connectivity index (χ0) is 14.2. The van der Waals surface area contributed by atoms with Crippen LogP contribution in [0.4, 0.5) is 0 Å². The van der Waals surface area contributed by atoms with E-state index in [2.05, 4.69) is 10.1 Å². The molecule has 2 heterocycles. The van der Waals surface area contributed by atoms with Gasteiger partial charge in [-0.25, -0.2) is 15.1 Å². The molecule has 0 radical (unpaired) electrons. The summed E-state index contributed by atoms with van der Waals surface area (Å²) in [6, 6.07) is 0. The molecule has 1 aliphatic rings. The Labute approximate surface area is 110 Å². The second-order valence-corrected chi connectivity index (χ2v) is 5.49. The van der Waals surface area contributed by atoms with Gasteiger partial charge in [-0.1, -0.05) is 20.8 Å². The monoisotopic (exact) mass is 267 g/mol. The number of nitrogens with zero attached hydrogens (tertiary/aromatic N) is 4. The number of amides is 2. The molecule has 2 rings (SSSR count). The molecule has 1 aliphatic heterocycles. The third-order valence-electron chi connectivity index (χ3n) is 2.90. The minimum atomic E-state index is -0.754. The van der Waals surface area contributed by atoms with Gasteiger partial charge in [0.05, 0.1) is 13.1 Å². The van der Waals surface area contributed by atoms with Gasteiger partial charge in [0.2, 0.25) is 11.7 Å². The lowest BCUT2D eigenvalue weighted by Crippen LogP contribution is -2.44. The Balaban J connectivity index is 2.18. The van der Waals surface area contributed by atoms with Crippen LogP contribution in [0.2, 0.25) is 0 Å². The Bertz CT molecular complexity index is 517. The second kappa shape index (κ2) is 4.61. The van der Waals surface area contributed by atoms with Gasteiger partial charge in [-0.05, 0) is 0 Å². The van der Waals surface area contributed by atoms with Crippen LogP contribution >= 0.6 is 0 Å². The number of carbonyl (C=O) groups is 2. The maximum atomic E-state index is 12.2. The Morgan fingerprint density at radius 1 is 1.32 bits per heavy atom. The lowest BCUT2D eigenvalue weighted by Gasteiger charge is -2.31. The zero-order valence-corrected chi connectivity index (χ0v) is 11.2. The maximum absolute atomic E-state index is 12.2. The van der Waals surface area contributed by atoms with Crippen LogP contribution in [0.1, 0.15) is 37.2 Å². The number of carbonyl (C=O) groups excluding carboxylic acids is 2. The van der Waals surface area contributed by atoms with Crippen LogP contribution in [0, 0.1) is 5.41 Å². The standard InChI is InChI=1S/C11H17N5O3/c1-11(2,3)10(18)15-4-5-16-7(6-15)12-8(13-16)9(17)14-19/h19H,4-6H2,1-3H3,(H,14,17). The first-order chi connectivity index (χ1) is 8.82. The molecule has 104 valence electrons. The van der Waals surface area contributed by atoms with Crippen LogP contribution in [0.3, 0.4) is 0 Å². The van der Waals surface area contributed by atoms with Crippen LogP contribution in [0.15, 0.2) is 0 Å². The van der Waals surface area contributed by atoms with E-state index in [4.69, 9.17) is 5.21 Å². The van der Waals surface area contributed by atoms with Gasteiger partial charge in [0, 0.05) is 12.0 Å². The molecular weight excluding hydrogens is 250 g/mol. The molecule has 0 saturated carbocycles. The molecule has 2 amide bonds. The van der Waals surface area contributed by atoms with Crippen molar-refractivity contribution in [2.24, 2.45) is 5.41 Å². The maximum Gasteiger partial charge on any atom is 0.314 e. The Kier molecular flexibility index (Phi) is 3.27. The van der Waals surface area contributed by atoms with Gasteiger partial charge < -0.3 is 4.90 Å². The molecule has 8 nitrogen and oxygen atoms in total. The van der Waals surface area contributed by atoms with E-state index < -0.39 is 11.3 Å². The van der Waals surface area contributed by atoms with E-state index >= 15 is 0 Å². The Morgan fingerprint density at radius 2 is 2.00 bits per heavy atom. The smallest absolute Gasteiger partial charge is 0.314 e. The quantitative estimate of drug-likeness (QED) is 0.541. The van der Waals surface area contributed by atoms with Gasteiger partial charge in [0.25, 0.3) is 0 Å². The summed E-state index contributed by atoms with van der Waals surface area (Å²) in [4.78, 5) is 29.1. The van der Waals surface area contributed by atoms with Crippen molar-refractivity contribution in [2.75, 3.05) is 6.54 Å². The predicted molar refractivity (Wildman–Crippen MR) is 64.1 cm³/mol. The van der Waals surface area contributed by atoms with Crippen LogP contribution < -0.4 is 5.48 Å². The molecule has 1 aromatic heterocycles. The zero-order valence-electron chi connectivity index (χ0n) is 11.2. The van der Waals surface area contributed by atoms with E-state index in [0.717, 1.165) is 0 Å². The minimum absolute atomic E-state index is 0.0370. The molecule has 0 unspecified atom stereocenters. The number of hydrogen-bond acceptors (Lipinski definition) is 5. The summed E-state index contributed by atoms with van der Waals surface area (Å²) in [5.41, 5.74) is 1.04. The van der Waals surface area contributed by atoms with E-state index in [1.807, 2.05) is 20.8 Å². The van der Waals surface area contributed by atoms with E-state index in [0.29, 0.717) is 25.5 Å². The van der Waals surface area contributed by atoms with E-state index in [-0.39, 0.29) is 11.7 Å². The molecule has 19 heavy (non-hydrogen) atoms. The van der Waals surface area contributed by atoms with Gasteiger partial charge in [0.15, 0.2) is 0 Å². The Morgan fingerprint density at radius 3 is 2.58 bits per heavy atom. The van der Waals surface area contributed by atoms with Gasteiger partial charge in [-0.15, -0.1) is 5.10 Å². The molecule has 0 fully saturated rings. The van der Waals surface area contributed by atoms with Gasteiger partial charge in [0.1, 0.15) is 5.82 Å². The van der Waals surface area contributed by atoms with Crippen LogP contribution in [0.25, 0.3) is 0 Å². The van der Waals surface area contributed by atoms with E-state index in [9.17, 15) is 9.59 Å². The summed E-state index contributed by atoms with van der Waals surface area (Å²) in [5, 5.41) is 12.5. The summed E-state index contributed by atoms with van der Waals surface area (Å²) < 4.78 is 1.58. The topological polar surface area (TPSA) is 100 Å². The van der Waals surface area contributed by atoms with E-state index in [1.165, 1.54) is 5.48 Å². The first kappa shape index (κ1) is 13.5. The fourth-order valence-electron chi connectivity index (χ4n) is 1.93. The minimum Gasteiger partial charge on any atom is -0.333 e. The highest BCUT2D eigenvalue weighted by Crippen LogP contribution is 2.20. The highest BCUT2D eigenvalue weighted by atomic mass is 16.5. The molecule has 2 N–H and O–H groups in total. The number of hydroxylamine groups is 1. The van der Waals surface area contributed by atoms with Crippen LogP contribution in [-0.4, -0.2) is 43.2 Å². The van der Waals surface area contributed by atoms with Crippen molar-refractivity contribution in [3.8, 4) is 0 Å². The third kappa shape index (κ3) is 2.58. The van der Waals surface area contributed by atoms with Crippen molar-refractivity contribution in [1.29, 1.82) is 0 Å².